The summed E-state index contributed by atoms with van der Waals surface area (Å²) in [5.74, 6) is -5.51. The number of aliphatic hydroxyl groups excluding tert-OH is 1. The Morgan fingerprint density at radius 2 is 1.62 bits per heavy atom. The first-order chi connectivity index (χ1) is 15.8. The maximum Gasteiger partial charge on any atom is 0.326 e. The Labute approximate surface area is 195 Å². The Balaban J connectivity index is 3.02. The summed E-state index contributed by atoms with van der Waals surface area (Å²) >= 11 is 0. The molecule has 5 atom stereocenters. The largest absolute Gasteiger partial charge is 0.481 e. The van der Waals surface area contributed by atoms with Gasteiger partial charge in [0.05, 0.1) is 24.9 Å². The number of carboxylic acid groups (broad SMARTS) is 2. The number of aromatic nitrogens is 2. The van der Waals surface area contributed by atoms with Crippen LogP contribution in [-0.4, -0.2) is 85.2 Å². The normalized spacial score (nSPS) is 15.5. The number of carboxylic acids is 2. The van der Waals surface area contributed by atoms with Gasteiger partial charge in [0, 0.05) is 18.3 Å². The van der Waals surface area contributed by atoms with Gasteiger partial charge in [-0.3, -0.25) is 19.2 Å². The minimum atomic E-state index is -1.78. The third-order valence-corrected chi connectivity index (χ3v) is 4.73. The van der Waals surface area contributed by atoms with Gasteiger partial charge in [-0.25, -0.2) is 9.78 Å². The van der Waals surface area contributed by atoms with E-state index in [0.29, 0.717) is 12.1 Å². The van der Waals surface area contributed by atoms with Gasteiger partial charge in [-0.1, -0.05) is 13.8 Å². The van der Waals surface area contributed by atoms with Crippen LogP contribution in [0.4, 0.5) is 0 Å². The zero-order valence-electron chi connectivity index (χ0n) is 19.1. The predicted octanol–water partition coefficient (Wildman–Crippen LogP) is -2.28. The van der Waals surface area contributed by atoms with Crippen LogP contribution < -0.4 is 21.7 Å². The lowest BCUT2D eigenvalue weighted by atomic mass is 10.0. The number of carbonyl (C=O) groups is 5. The zero-order chi connectivity index (χ0) is 26.0. The number of carbonyl (C=O) groups excluding carboxylic acids is 3. The molecule has 14 nitrogen and oxygen atoms in total. The molecule has 0 bridgehead atoms. The van der Waals surface area contributed by atoms with Gasteiger partial charge in [0.15, 0.2) is 0 Å². The van der Waals surface area contributed by atoms with Gasteiger partial charge in [0.25, 0.3) is 0 Å². The molecule has 0 aliphatic heterocycles. The number of amides is 3. The number of aliphatic hydroxyl groups is 1. The number of aliphatic carboxylic acids is 2. The average molecular weight is 485 g/mol. The van der Waals surface area contributed by atoms with Crippen molar-refractivity contribution in [2.45, 2.75) is 70.3 Å². The molecule has 0 spiro atoms. The number of rotatable bonds is 14. The molecule has 0 saturated carbocycles. The lowest BCUT2D eigenvalue weighted by molar-refractivity contribution is -0.148. The SMILES string of the molecule is CC(C)CC(N)C(=O)NC(Cc1cnc[nH]1)C(=O)NC(C(=O)NC(CC(=O)O)C(=O)O)C(C)O. The summed E-state index contributed by atoms with van der Waals surface area (Å²) in [6.45, 7) is 4.93. The molecule has 34 heavy (non-hydrogen) atoms. The summed E-state index contributed by atoms with van der Waals surface area (Å²) in [6, 6.07) is -5.51. The van der Waals surface area contributed by atoms with Crippen molar-refractivity contribution in [1.82, 2.24) is 25.9 Å². The van der Waals surface area contributed by atoms with Gasteiger partial charge in [-0.2, -0.15) is 0 Å². The highest BCUT2D eigenvalue weighted by atomic mass is 16.4. The van der Waals surface area contributed by atoms with Gasteiger partial charge < -0.3 is 42.0 Å². The molecule has 1 rings (SSSR count). The summed E-state index contributed by atoms with van der Waals surface area (Å²) in [7, 11) is 0. The lowest BCUT2D eigenvalue weighted by Crippen LogP contribution is -2.60. The van der Waals surface area contributed by atoms with E-state index >= 15 is 0 Å². The van der Waals surface area contributed by atoms with Crippen molar-refractivity contribution in [1.29, 1.82) is 0 Å². The first kappa shape index (κ1) is 28.5. The second-order valence-corrected chi connectivity index (χ2v) is 8.30. The molecular formula is C20H32N6O8. The highest BCUT2D eigenvalue weighted by Crippen LogP contribution is 2.06. The van der Waals surface area contributed by atoms with Crippen LogP contribution in [0.5, 0.6) is 0 Å². The molecule has 1 aromatic rings. The number of nitrogens with one attached hydrogen (secondary N) is 4. The van der Waals surface area contributed by atoms with E-state index in [1.54, 1.807) is 0 Å². The van der Waals surface area contributed by atoms with Crippen molar-refractivity contribution in [2.24, 2.45) is 11.7 Å². The summed E-state index contributed by atoms with van der Waals surface area (Å²) < 4.78 is 0. The van der Waals surface area contributed by atoms with Crippen LogP contribution >= 0.6 is 0 Å². The summed E-state index contributed by atoms with van der Waals surface area (Å²) in [6.07, 6.45) is 0.739. The van der Waals surface area contributed by atoms with Gasteiger partial charge in [-0.05, 0) is 19.3 Å². The molecule has 190 valence electrons. The van der Waals surface area contributed by atoms with Crippen LogP contribution in [0.25, 0.3) is 0 Å². The minimum Gasteiger partial charge on any atom is -0.481 e. The van der Waals surface area contributed by atoms with Crippen LogP contribution in [0.2, 0.25) is 0 Å². The van der Waals surface area contributed by atoms with E-state index in [-0.39, 0.29) is 12.3 Å². The molecule has 1 heterocycles. The number of nitrogens with two attached hydrogens (primary N) is 1. The Hall–Kier alpha value is -3.52. The highest BCUT2D eigenvalue weighted by Gasteiger charge is 2.33. The fourth-order valence-corrected chi connectivity index (χ4v) is 3.01. The third kappa shape index (κ3) is 9.54. The first-order valence-electron chi connectivity index (χ1n) is 10.6. The fourth-order valence-electron chi connectivity index (χ4n) is 3.01. The molecule has 0 fully saturated rings. The Morgan fingerprint density at radius 3 is 2.09 bits per heavy atom. The van der Waals surface area contributed by atoms with Crippen molar-refractivity contribution in [2.75, 3.05) is 0 Å². The monoisotopic (exact) mass is 484 g/mol. The Morgan fingerprint density at radius 1 is 1.00 bits per heavy atom. The third-order valence-electron chi connectivity index (χ3n) is 4.73. The van der Waals surface area contributed by atoms with Gasteiger partial charge in [0.1, 0.15) is 18.1 Å². The molecule has 0 radical (unpaired) electrons. The first-order valence-corrected chi connectivity index (χ1v) is 10.6. The number of hydrogen-bond acceptors (Lipinski definition) is 8. The molecular weight excluding hydrogens is 452 g/mol. The highest BCUT2D eigenvalue weighted by molar-refractivity contribution is 5.95. The second kappa shape index (κ2) is 13.3. The molecule has 0 aliphatic rings. The Kier molecular flexibility index (Phi) is 11.1. The summed E-state index contributed by atoms with van der Waals surface area (Å²) in [5.41, 5.74) is 6.38. The van der Waals surface area contributed by atoms with Crippen LogP contribution in [0.1, 0.15) is 39.3 Å². The maximum absolute atomic E-state index is 13.0. The molecule has 0 aromatic carbocycles. The predicted molar refractivity (Wildman–Crippen MR) is 117 cm³/mol. The lowest BCUT2D eigenvalue weighted by Gasteiger charge is -2.26. The van der Waals surface area contributed by atoms with Crippen molar-refractivity contribution >= 4 is 29.7 Å². The number of nitrogens with zero attached hydrogens (tertiary/aromatic N) is 1. The topological polar surface area (TPSA) is 237 Å². The van der Waals surface area contributed by atoms with E-state index in [2.05, 4.69) is 20.6 Å². The van der Waals surface area contributed by atoms with Crippen LogP contribution in [-0.2, 0) is 30.4 Å². The standard InChI is InChI=1S/C20H32N6O8/c1-9(2)4-12(21)17(30)24-13(5-11-7-22-8-23-11)18(31)26-16(10(3)27)19(32)25-14(20(33)34)6-15(28)29/h7-10,12-14,16,27H,4-6,21H2,1-3H3,(H,22,23)(H,24,30)(H,25,32)(H,26,31)(H,28,29)(H,33,34). The molecule has 14 heteroatoms. The minimum absolute atomic E-state index is 0.0448. The Bertz CT molecular complexity index is 857. The van der Waals surface area contributed by atoms with Crippen molar-refractivity contribution < 1.29 is 39.3 Å². The number of H-pyrrole nitrogens is 1. The van der Waals surface area contributed by atoms with E-state index in [1.807, 2.05) is 19.2 Å². The van der Waals surface area contributed by atoms with Crippen molar-refractivity contribution in [3.05, 3.63) is 18.2 Å². The summed E-state index contributed by atoms with van der Waals surface area (Å²) in [5, 5.41) is 34.7. The second-order valence-electron chi connectivity index (χ2n) is 8.30. The fraction of sp³-hybridized carbons (Fsp3) is 0.600. The molecule has 0 saturated heterocycles. The number of hydrogen-bond donors (Lipinski definition) is 8. The molecule has 9 N–H and O–H groups in total. The van der Waals surface area contributed by atoms with Gasteiger partial charge in [-0.15, -0.1) is 0 Å². The molecule has 3 amide bonds. The maximum atomic E-state index is 13.0. The van der Waals surface area contributed by atoms with E-state index in [4.69, 9.17) is 15.9 Å². The quantitative estimate of drug-likeness (QED) is 0.141. The smallest absolute Gasteiger partial charge is 0.326 e. The van der Waals surface area contributed by atoms with Gasteiger partial charge >= 0.3 is 11.9 Å². The average Bonchev–Trinajstić information content (AvgIpc) is 3.22. The van der Waals surface area contributed by atoms with Crippen LogP contribution in [0.15, 0.2) is 12.5 Å². The van der Waals surface area contributed by atoms with E-state index in [9.17, 15) is 29.1 Å². The van der Waals surface area contributed by atoms with Crippen LogP contribution in [0.3, 0.4) is 0 Å². The van der Waals surface area contributed by atoms with Gasteiger partial charge in [0.2, 0.25) is 17.7 Å². The molecule has 0 aliphatic carbocycles. The van der Waals surface area contributed by atoms with E-state index in [1.165, 1.54) is 19.4 Å². The molecule has 1 aromatic heterocycles. The van der Waals surface area contributed by atoms with Crippen molar-refractivity contribution in [3.63, 3.8) is 0 Å². The summed E-state index contributed by atoms with van der Waals surface area (Å²) in [4.78, 5) is 66.7. The van der Waals surface area contributed by atoms with Crippen LogP contribution in [0, 0.1) is 5.92 Å². The van der Waals surface area contributed by atoms with E-state index < -0.39 is 66.4 Å². The number of aromatic amines is 1. The zero-order valence-corrected chi connectivity index (χ0v) is 19.1. The molecule has 5 unspecified atom stereocenters. The number of imidazole rings is 1. The van der Waals surface area contributed by atoms with E-state index in [0.717, 1.165) is 0 Å². The van der Waals surface area contributed by atoms with Crippen molar-refractivity contribution in [3.8, 4) is 0 Å².